The molecule has 0 fully saturated rings. The molecular formula is C13H16NO3-. The van der Waals surface area contributed by atoms with Gasteiger partial charge in [-0.1, -0.05) is 44.5 Å². The van der Waals surface area contributed by atoms with Gasteiger partial charge in [0.25, 0.3) is 0 Å². The molecule has 0 saturated heterocycles. The summed E-state index contributed by atoms with van der Waals surface area (Å²) in [4.78, 5) is 15.0. The highest BCUT2D eigenvalue weighted by Crippen LogP contribution is 2.14. The standard InChI is InChI=1S/C13H17NO3/c1-3-9(2)12(13(16)17)14-8-10-6-4-5-7-11(10)15/h4-9,12,15H,3H2,1-2H3,(H,16,17)/p-1. The fourth-order valence-corrected chi connectivity index (χ4v) is 1.43. The number of benzene rings is 1. The topological polar surface area (TPSA) is 72.7 Å². The zero-order chi connectivity index (χ0) is 12.8. The molecule has 0 bridgehead atoms. The molecule has 0 saturated carbocycles. The van der Waals surface area contributed by atoms with Crippen LogP contribution < -0.4 is 5.11 Å². The van der Waals surface area contributed by atoms with Crippen LogP contribution in [0.25, 0.3) is 0 Å². The molecule has 1 rings (SSSR count). The maximum absolute atomic E-state index is 11.4. The van der Waals surface area contributed by atoms with E-state index in [0.29, 0.717) is 5.56 Å². The summed E-state index contributed by atoms with van der Waals surface area (Å²) in [6.45, 7) is 3.75. The molecule has 17 heavy (non-hydrogen) atoms. The van der Waals surface area contributed by atoms with Gasteiger partial charge < -0.3 is 10.2 Å². The van der Waals surface area contributed by atoms with Crippen molar-refractivity contribution < 1.29 is 15.0 Å². The van der Waals surface area contributed by atoms with Crippen molar-refractivity contribution in [2.75, 3.05) is 0 Å². The Balaban J connectivity index is 2.87. The zero-order valence-corrected chi connectivity index (χ0v) is 9.96. The second kappa shape index (κ2) is 6.03. The quantitative estimate of drug-likeness (QED) is 0.788. The summed E-state index contributed by atoms with van der Waals surface area (Å²) in [6, 6.07) is 5.63. The monoisotopic (exact) mass is 234 g/mol. The Kier molecular flexibility index (Phi) is 4.69. The maximum Gasteiger partial charge on any atom is 0.328 e. The lowest BCUT2D eigenvalue weighted by Crippen LogP contribution is -2.25. The first-order valence-corrected chi connectivity index (χ1v) is 5.58. The van der Waals surface area contributed by atoms with Crippen molar-refractivity contribution in [2.45, 2.75) is 26.3 Å². The third kappa shape index (κ3) is 3.59. The van der Waals surface area contributed by atoms with Gasteiger partial charge in [0.15, 0.2) is 0 Å². The predicted octanol–water partition coefficient (Wildman–Crippen LogP) is 1.68. The van der Waals surface area contributed by atoms with Gasteiger partial charge in [0.1, 0.15) is 6.04 Å². The number of carbonyl (C=O) groups is 1. The Hall–Kier alpha value is -1.84. The third-order valence-corrected chi connectivity index (χ3v) is 2.73. The molecule has 0 aliphatic carbocycles. The highest BCUT2D eigenvalue weighted by molar-refractivity contribution is 5.85. The Morgan fingerprint density at radius 3 is 2.71 bits per heavy atom. The number of para-hydroxylation sites is 1. The number of nitrogens with zero attached hydrogens (tertiary/aromatic N) is 1. The van der Waals surface area contributed by atoms with E-state index in [0.717, 1.165) is 6.42 Å². The highest BCUT2D eigenvalue weighted by Gasteiger charge is 2.21. The number of aliphatic imine (C=N–C) groups is 1. The van der Waals surface area contributed by atoms with E-state index in [1.807, 2.05) is 13.8 Å². The average Bonchev–Trinajstić information content (AvgIpc) is 2.30. The zero-order valence-electron chi connectivity index (χ0n) is 9.96. The smallest absolute Gasteiger partial charge is 0.328 e. The Morgan fingerprint density at radius 2 is 2.18 bits per heavy atom. The molecule has 0 heterocycles. The van der Waals surface area contributed by atoms with Crippen LogP contribution in [0, 0.1) is 5.92 Å². The van der Waals surface area contributed by atoms with E-state index in [-0.39, 0.29) is 11.7 Å². The molecular weight excluding hydrogens is 218 g/mol. The second-order valence-electron chi connectivity index (χ2n) is 3.98. The van der Waals surface area contributed by atoms with E-state index in [4.69, 9.17) is 5.11 Å². The first-order valence-electron chi connectivity index (χ1n) is 5.58. The van der Waals surface area contributed by atoms with Gasteiger partial charge in [-0.05, 0) is 11.5 Å². The second-order valence-corrected chi connectivity index (χ2v) is 3.98. The number of carboxylic acid groups (broad SMARTS) is 1. The first-order chi connectivity index (χ1) is 8.06. The van der Waals surface area contributed by atoms with E-state index >= 15 is 0 Å². The molecule has 4 heteroatoms. The minimum absolute atomic E-state index is 0.0532. The Bertz CT molecular complexity index is 415. The van der Waals surface area contributed by atoms with Crippen LogP contribution in [-0.2, 0) is 4.79 Å². The van der Waals surface area contributed by atoms with Crippen LogP contribution in [0.1, 0.15) is 25.8 Å². The lowest BCUT2D eigenvalue weighted by atomic mass is 10.00. The molecule has 2 atom stereocenters. The molecule has 1 aromatic rings. The van der Waals surface area contributed by atoms with Gasteiger partial charge in [0.05, 0.1) is 0 Å². The van der Waals surface area contributed by atoms with Crippen molar-refractivity contribution in [3.63, 3.8) is 0 Å². The van der Waals surface area contributed by atoms with Crippen LogP contribution in [0.2, 0.25) is 0 Å². The fraction of sp³-hybridized carbons (Fsp3) is 0.385. The van der Waals surface area contributed by atoms with Crippen molar-refractivity contribution in [1.82, 2.24) is 0 Å². The van der Waals surface area contributed by atoms with Gasteiger partial charge in [0, 0.05) is 6.21 Å². The summed E-state index contributed by atoms with van der Waals surface area (Å²) in [5, 5.41) is 20.4. The van der Waals surface area contributed by atoms with Gasteiger partial charge in [0.2, 0.25) is 0 Å². The molecule has 0 aliphatic rings. The minimum atomic E-state index is -0.959. The van der Waals surface area contributed by atoms with E-state index in [9.17, 15) is 9.90 Å². The summed E-state index contributed by atoms with van der Waals surface area (Å²) in [6.07, 6.45) is 2.08. The molecule has 1 N–H and O–H groups in total. The van der Waals surface area contributed by atoms with E-state index in [1.165, 1.54) is 12.3 Å². The summed E-state index contributed by atoms with van der Waals surface area (Å²) in [5.74, 6) is -1.16. The van der Waals surface area contributed by atoms with Crippen LogP contribution in [-0.4, -0.2) is 23.3 Å². The van der Waals surface area contributed by atoms with Crippen LogP contribution >= 0.6 is 0 Å². The molecule has 0 spiro atoms. The maximum atomic E-state index is 11.4. The fourth-order valence-electron chi connectivity index (χ4n) is 1.43. The lowest BCUT2D eigenvalue weighted by molar-refractivity contribution is -0.268. The molecule has 92 valence electrons. The Morgan fingerprint density at radius 1 is 1.53 bits per heavy atom. The highest BCUT2D eigenvalue weighted by atomic mass is 16.4. The number of hydrogen-bond donors (Lipinski definition) is 1. The van der Waals surface area contributed by atoms with Crippen molar-refractivity contribution in [2.24, 2.45) is 10.9 Å². The third-order valence-electron chi connectivity index (χ3n) is 2.73. The van der Waals surface area contributed by atoms with Gasteiger partial charge in [-0.2, -0.15) is 0 Å². The van der Waals surface area contributed by atoms with Crippen LogP contribution in [0.15, 0.2) is 29.3 Å². The molecule has 0 radical (unpaired) electrons. The van der Waals surface area contributed by atoms with E-state index < -0.39 is 12.0 Å². The lowest BCUT2D eigenvalue weighted by Gasteiger charge is -2.15. The first kappa shape index (κ1) is 13.2. The van der Waals surface area contributed by atoms with E-state index in [2.05, 4.69) is 4.99 Å². The SMILES string of the molecule is CCC(C)C(N=Cc1ccccc1[O-])C(=O)O. The number of hydrogen-bond acceptors (Lipinski definition) is 3. The molecule has 0 amide bonds. The van der Waals surface area contributed by atoms with Gasteiger partial charge in [-0.15, -0.1) is 5.75 Å². The van der Waals surface area contributed by atoms with Crippen LogP contribution in [0.3, 0.4) is 0 Å². The van der Waals surface area contributed by atoms with Crippen molar-refractivity contribution in [3.05, 3.63) is 29.8 Å². The molecule has 0 aromatic heterocycles. The summed E-state index contributed by atoms with van der Waals surface area (Å²) in [5.41, 5.74) is 0.419. The van der Waals surface area contributed by atoms with Crippen molar-refractivity contribution in [3.8, 4) is 5.75 Å². The predicted molar refractivity (Wildman–Crippen MR) is 64.4 cm³/mol. The number of rotatable bonds is 5. The van der Waals surface area contributed by atoms with Crippen molar-refractivity contribution >= 4 is 12.2 Å². The normalized spacial score (nSPS) is 14.7. The van der Waals surface area contributed by atoms with Gasteiger partial charge in [-0.3, -0.25) is 4.99 Å². The minimum Gasteiger partial charge on any atom is -0.872 e. The average molecular weight is 234 g/mol. The van der Waals surface area contributed by atoms with Gasteiger partial charge >= 0.3 is 5.97 Å². The molecule has 1 aromatic carbocycles. The summed E-state index contributed by atoms with van der Waals surface area (Å²) in [7, 11) is 0. The van der Waals surface area contributed by atoms with Crippen molar-refractivity contribution in [1.29, 1.82) is 0 Å². The van der Waals surface area contributed by atoms with E-state index in [1.54, 1.807) is 18.2 Å². The number of aliphatic carboxylic acids is 1. The van der Waals surface area contributed by atoms with Crippen LogP contribution in [0.4, 0.5) is 0 Å². The molecule has 4 nitrogen and oxygen atoms in total. The summed E-state index contributed by atoms with van der Waals surface area (Å²) >= 11 is 0. The largest absolute Gasteiger partial charge is 0.872 e. The molecule has 0 aliphatic heterocycles. The number of carboxylic acids is 1. The van der Waals surface area contributed by atoms with Gasteiger partial charge in [-0.25, -0.2) is 4.79 Å². The van der Waals surface area contributed by atoms with Crippen LogP contribution in [0.5, 0.6) is 5.75 Å². The Labute approximate surface area is 101 Å². The summed E-state index contributed by atoms with van der Waals surface area (Å²) < 4.78 is 0. The molecule has 2 unspecified atom stereocenters.